The van der Waals surface area contributed by atoms with Crippen molar-refractivity contribution in [3.63, 3.8) is 0 Å². The highest BCUT2D eigenvalue weighted by Crippen LogP contribution is 2.10. The van der Waals surface area contributed by atoms with Crippen molar-refractivity contribution in [3.05, 3.63) is 54.4 Å². The van der Waals surface area contributed by atoms with Gasteiger partial charge in [0.05, 0.1) is 36.1 Å². The van der Waals surface area contributed by atoms with E-state index in [2.05, 4.69) is 31.5 Å². The summed E-state index contributed by atoms with van der Waals surface area (Å²) in [6.45, 7) is 2.98. The van der Waals surface area contributed by atoms with Gasteiger partial charge in [0, 0.05) is 32.6 Å². The standard InChI is InChI=1S/C17H21N5O/c1-21(13-17-18-7-8-22(17)9-10-23-2)12-14-11-19-15-5-3-4-6-16(15)20-14/h3-8,11H,9-10,12-13H2,1-2H3. The van der Waals surface area contributed by atoms with Crippen LogP contribution in [0.3, 0.4) is 0 Å². The molecular formula is C17H21N5O. The van der Waals surface area contributed by atoms with E-state index >= 15 is 0 Å². The zero-order chi connectivity index (χ0) is 16.1. The first-order valence-corrected chi connectivity index (χ1v) is 7.64. The third kappa shape index (κ3) is 3.91. The van der Waals surface area contributed by atoms with Crippen molar-refractivity contribution in [1.29, 1.82) is 0 Å². The molecule has 0 bridgehead atoms. The summed E-state index contributed by atoms with van der Waals surface area (Å²) in [7, 11) is 3.77. The van der Waals surface area contributed by atoms with Crippen molar-refractivity contribution in [2.24, 2.45) is 0 Å². The van der Waals surface area contributed by atoms with Crippen molar-refractivity contribution in [2.45, 2.75) is 19.6 Å². The zero-order valence-corrected chi connectivity index (χ0v) is 13.5. The molecule has 0 N–H and O–H groups in total. The molecule has 0 amide bonds. The highest BCUT2D eigenvalue weighted by Gasteiger charge is 2.08. The average Bonchev–Trinajstić information content (AvgIpc) is 2.99. The van der Waals surface area contributed by atoms with E-state index in [1.54, 1.807) is 7.11 Å². The SMILES string of the molecule is COCCn1ccnc1CN(C)Cc1cnc2ccccc2n1. The van der Waals surface area contributed by atoms with Gasteiger partial charge >= 0.3 is 0 Å². The topological polar surface area (TPSA) is 56.1 Å². The average molecular weight is 311 g/mol. The lowest BCUT2D eigenvalue weighted by atomic mass is 10.3. The first-order chi connectivity index (χ1) is 11.3. The van der Waals surface area contributed by atoms with Crippen LogP contribution in [0.2, 0.25) is 0 Å². The number of benzene rings is 1. The maximum absolute atomic E-state index is 5.13. The van der Waals surface area contributed by atoms with E-state index in [0.29, 0.717) is 6.61 Å². The molecule has 3 aromatic rings. The summed E-state index contributed by atoms with van der Waals surface area (Å²) in [5.74, 6) is 1.03. The Labute approximate surface area is 135 Å². The molecule has 0 radical (unpaired) electrons. The summed E-state index contributed by atoms with van der Waals surface area (Å²) in [6.07, 6.45) is 5.66. The van der Waals surface area contributed by atoms with Gasteiger partial charge < -0.3 is 9.30 Å². The molecule has 0 unspecified atom stereocenters. The number of hydrogen-bond donors (Lipinski definition) is 0. The first kappa shape index (κ1) is 15.6. The van der Waals surface area contributed by atoms with Gasteiger partial charge in [-0.05, 0) is 19.2 Å². The van der Waals surface area contributed by atoms with Crippen molar-refractivity contribution in [1.82, 2.24) is 24.4 Å². The Balaban J connectivity index is 1.66. The first-order valence-electron chi connectivity index (χ1n) is 7.64. The highest BCUT2D eigenvalue weighted by atomic mass is 16.5. The molecule has 0 saturated carbocycles. The number of fused-ring (bicyclic) bond motifs is 1. The number of imidazole rings is 1. The highest BCUT2D eigenvalue weighted by molar-refractivity contribution is 5.73. The van der Waals surface area contributed by atoms with Crippen LogP contribution in [-0.2, 0) is 24.4 Å². The number of methoxy groups -OCH3 is 1. The van der Waals surface area contributed by atoms with Gasteiger partial charge in [-0.1, -0.05) is 12.1 Å². The maximum atomic E-state index is 5.13. The Hall–Kier alpha value is -2.31. The molecule has 0 atom stereocenters. The molecule has 0 fully saturated rings. The Morgan fingerprint density at radius 3 is 2.78 bits per heavy atom. The van der Waals surface area contributed by atoms with Crippen LogP contribution in [0, 0.1) is 0 Å². The van der Waals surface area contributed by atoms with Gasteiger partial charge in [0.25, 0.3) is 0 Å². The fourth-order valence-corrected chi connectivity index (χ4v) is 2.53. The molecule has 6 nitrogen and oxygen atoms in total. The zero-order valence-electron chi connectivity index (χ0n) is 13.5. The lowest BCUT2D eigenvalue weighted by Crippen LogP contribution is -2.21. The summed E-state index contributed by atoms with van der Waals surface area (Å²) in [6, 6.07) is 7.92. The number of rotatable bonds is 7. The summed E-state index contributed by atoms with van der Waals surface area (Å²) in [5, 5.41) is 0. The minimum absolute atomic E-state index is 0.684. The Morgan fingerprint density at radius 1 is 1.13 bits per heavy atom. The third-order valence-electron chi connectivity index (χ3n) is 3.68. The summed E-state index contributed by atoms with van der Waals surface area (Å²) >= 11 is 0. The molecule has 0 aliphatic heterocycles. The fourth-order valence-electron chi connectivity index (χ4n) is 2.53. The van der Waals surface area contributed by atoms with Crippen LogP contribution >= 0.6 is 0 Å². The minimum atomic E-state index is 0.684. The molecular weight excluding hydrogens is 290 g/mol. The summed E-state index contributed by atoms with van der Waals surface area (Å²) < 4.78 is 7.25. The molecule has 0 aliphatic carbocycles. The van der Waals surface area contributed by atoms with Gasteiger partial charge in [0.15, 0.2) is 0 Å². The van der Waals surface area contributed by atoms with Crippen LogP contribution in [0.1, 0.15) is 11.5 Å². The lowest BCUT2D eigenvalue weighted by Gasteiger charge is -2.17. The molecule has 6 heteroatoms. The maximum Gasteiger partial charge on any atom is 0.122 e. The number of aromatic nitrogens is 4. The van der Waals surface area contributed by atoms with Crippen LogP contribution in [0.4, 0.5) is 0 Å². The normalized spacial score (nSPS) is 11.4. The second-order valence-corrected chi connectivity index (χ2v) is 5.55. The quantitative estimate of drug-likeness (QED) is 0.669. The minimum Gasteiger partial charge on any atom is -0.383 e. The third-order valence-corrected chi connectivity index (χ3v) is 3.68. The van der Waals surface area contributed by atoms with Crippen LogP contribution in [-0.4, -0.2) is 45.2 Å². The molecule has 1 aromatic carbocycles. The van der Waals surface area contributed by atoms with E-state index in [1.807, 2.05) is 42.9 Å². The predicted molar refractivity (Wildman–Crippen MR) is 88.8 cm³/mol. The van der Waals surface area contributed by atoms with E-state index < -0.39 is 0 Å². The van der Waals surface area contributed by atoms with Crippen LogP contribution in [0.15, 0.2) is 42.9 Å². The van der Waals surface area contributed by atoms with Crippen molar-refractivity contribution < 1.29 is 4.74 Å². The lowest BCUT2D eigenvalue weighted by molar-refractivity contribution is 0.184. The molecule has 23 heavy (non-hydrogen) atoms. The predicted octanol–water partition coefficient (Wildman–Crippen LogP) is 2.10. The van der Waals surface area contributed by atoms with Crippen molar-refractivity contribution >= 4 is 11.0 Å². The van der Waals surface area contributed by atoms with Gasteiger partial charge in [-0.15, -0.1) is 0 Å². The Morgan fingerprint density at radius 2 is 1.96 bits per heavy atom. The molecule has 2 heterocycles. The van der Waals surface area contributed by atoms with E-state index in [4.69, 9.17) is 4.74 Å². The van der Waals surface area contributed by atoms with Gasteiger partial charge in [0.2, 0.25) is 0 Å². The number of hydrogen-bond acceptors (Lipinski definition) is 5. The van der Waals surface area contributed by atoms with E-state index in [-0.39, 0.29) is 0 Å². The monoisotopic (exact) mass is 311 g/mol. The summed E-state index contributed by atoms with van der Waals surface area (Å²) in [4.78, 5) is 15.7. The van der Waals surface area contributed by atoms with Crippen LogP contribution in [0.25, 0.3) is 11.0 Å². The summed E-state index contributed by atoms with van der Waals surface area (Å²) in [5.41, 5.74) is 2.82. The molecule has 0 spiro atoms. The molecule has 2 aromatic heterocycles. The van der Waals surface area contributed by atoms with Gasteiger partial charge in [-0.3, -0.25) is 9.88 Å². The second kappa shape index (κ2) is 7.30. The molecule has 120 valence electrons. The number of nitrogens with zero attached hydrogens (tertiary/aromatic N) is 5. The van der Waals surface area contributed by atoms with E-state index in [0.717, 1.165) is 42.2 Å². The van der Waals surface area contributed by atoms with E-state index in [1.165, 1.54) is 0 Å². The number of ether oxygens (including phenoxy) is 1. The Kier molecular flexibility index (Phi) is 4.95. The molecule has 3 rings (SSSR count). The second-order valence-electron chi connectivity index (χ2n) is 5.55. The smallest absolute Gasteiger partial charge is 0.122 e. The van der Waals surface area contributed by atoms with Gasteiger partial charge in [-0.2, -0.15) is 0 Å². The van der Waals surface area contributed by atoms with E-state index in [9.17, 15) is 0 Å². The van der Waals surface area contributed by atoms with Crippen molar-refractivity contribution in [3.8, 4) is 0 Å². The van der Waals surface area contributed by atoms with Crippen LogP contribution < -0.4 is 0 Å². The largest absolute Gasteiger partial charge is 0.383 e. The fraction of sp³-hybridized carbons (Fsp3) is 0.353. The number of para-hydroxylation sites is 2. The van der Waals surface area contributed by atoms with Gasteiger partial charge in [0.1, 0.15) is 5.82 Å². The Bertz CT molecular complexity index is 770. The van der Waals surface area contributed by atoms with Crippen molar-refractivity contribution in [2.75, 3.05) is 20.8 Å². The van der Waals surface area contributed by atoms with Gasteiger partial charge in [-0.25, -0.2) is 9.97 Å². The van der Waals surface area contributed by atoms with Crippen LogP contribution in [0.5, 0.6) is 0 Å². The molecule has 0 saturated heterocycles. The molecule has 0 aliphatic rings.